The van der Waals surface area contributed by atoms with Crippen LogP contribution in [0.3, 0.4) is 0 Å². The van der Waals surface area contributed by atoms with E-state index in [0.717, 1.165) is 15.9 Å². The molecule has 0 fully saturated rings. The van der Waals surface area contributed by atoms with Crippen LogP contribution in [0, 0.1) is 10.1 Å². The largest absolute Gasteiger partial charge is 0.465 e. The van der Waals surface area contributed by atoms with Crippen LogP contribution in [-0.2, 0) is 4.74 Å². The number of nitrogens with zero attached hydrogens (tertiary/aromatic N) is 1. The number of methoxy groups -OCH3 is 1. The molecule has 5 aromatic carbocycles. The summed E-state index contributed by atoms with van der Waals surface area (Å²) in [6.07, 6.45) is 0. The highest BCUT2D eigenvalue weighted by Crippen LogP contribution is 2.48. The lowest BCUT2D eigenvalue weighted by Crippen LogP contribution is -2.34. The average Bonchev–Trinajstić information content (AvgIpc) is 3.04. The van der Waals surface area contributed by atoms with Gasteiger partial charge in [0.05, 0.1) is 17.6 Å². The van der Waals surface area contributed by atoms with Crippen molar-refractivity contribution in [3.63, 3.8) is 0 Å². The molecular weight excluding hydrogens is 569 g/mol. The predicted molar refractivity (Wildman–Crippen MR) is 169 cm³/mol. The normalized spacial score (nSPS) is 11.0. The number of benzene rings is 5. The first-order chi connectivity index (χ1) is 20.4. The van der Waals surface area contributed by atoms with Crippen molar-refractivity contribution in [3.8, 4) is 0 Å². The Morgan fingerprint density at radius 3 is 1.57 bits per heavy atom. The summed E-state index contributed by atoms with van der Waals surface area (Å²) >= 11 is 6.33. The topological polar surface area (TPSA) is 86.5 Å². The van der Waals surface area contributed by atoms with Crippen LogP contribution in [0.1, 0.15) is 26.3 Å². The Morgan fingerprint density at radius 2 is 1.14 bits per heavy atom. The molecule has 8 heteroatoms. The molecule has 5 aromatic rings. The predicted octanol–water partition coefficient (Wildman–Crippen LogP) is 6.43. The standard InChI is InChI=1S/C34H25ClNO5P/c1-41-34(38)25-19-17-24(18-20-25)33(32(37)30-23-26(35)21-22-31(30)36(39)40)42(27-11-5-2-6-12-27,28-13-7-3-8-14-28)29-15-9-4-10-16-29/h2-23H,1H3. The van der Waals surface area contributed by atoms with Gasteiger partial charge in [0.2, 0.25) is 5.78 Å². The number of hydrogen-bond acceptors (Lipinski definition) is 5. The molecule has 0 radical (unpaired) electrons. The molecule has 0 aliphatic heterocycles. The highest BCUT2D eigenvalue weighted by atomic mass is 35.5. The van der Waals surface area contributed by atoms with Crippen LogP contribution < -0.4 is 15.9 Å². The zero-order chi connectivity index (χ0) is 29.7. The van der Waals surface area contributed by atoms with Crippen molar-refractivity contribution in [2.24, 2.45) is 0 Å². The van der Waals surface area contributed by atoms with Gasteiger partial charge in [0.25, 0.3) is 5.69 Å². The number of hydrogen-bond donors (Lipinski definition) is 0. The Labute approximate surface area is 248 Å². The van der Waals surface area contributed by atoms with E-state index >= 15 is 4.79 Å². The molecule has 0 saturated carbocycles. The SMILES string of the molecule is COC(=O)c1ccc(C(C(=O)c2cc(Cl)ccc2[N+](=O)[O-])=P(c2ccccc2)(c2ccccc2)c2ccccc2)cc1. The first-order valence-corrected chi connectivity index (χ1v) is 15.2. The molecule has 0 aliphatic carbocycles. The van der Waals surface area contributed by atoms with Crippen molar-refractivity contribution in [2.75, 3.05) is 7.11 Å². The molecule has 0 unspecified atom stereocenters. The summed E-state index contributed by atoms with van der Waals surface area (Å²) in [4.78, 5) is 38.9. The number of Topliss-reactive ketones (excluding diaryl/α,β-unsaturated/α-hetero) is 1. The van der Waals surface area contributed by atoms with Gasteiger partial charge < -0.3 is 4.74 Å². The summed E-state index contributed by atoms with van der Waals surface area (Å²) in [5.41, 5.74) is 0.365. The zero-order valence-corrected chi connectivity index (χ0v) is 24.2. The molecule has 208 valence electrons. The van der Waals surface area contributed by atoms with E-state index in [0.29, 0.717) is 16.4 Å². The van der Waals surface area contributed by atoms with Gasteiger partial charge in [-0.25, -0.2) is 4.79 Å². The summed E-state index contributed by atoms with van der Waals surface area (Å²) in [6, 6.07) is 39.7. The number of ether oxygens (including phenoxy) is 1. The van der Waals surface area contributed by atoms with E-state index in [4.69, 9.17) is 16.3 Å². The molecule has 0 amide bonds. The third-order valence-corrected chi connectivity index (χ3v) is 11.5. The minimum atomic E-state index is -3.03. The maximum Gasteiger partial charge on any atom is 0.337 e. The van der Waals surface area contributed by atoms with Crippen LogP contribution in [-0.4, -0.2) is 29.1 Å². The summed E-state index contributed by atoms with van der Waals surface area (Å²) in [6.45, 7) is -3.03. The molecule has 0 N–H and O–H groups in total. The molecule has 0 aromatic heterocycles. The zero-order valence-electron chi connectivity index (χ0n) is 22.5. The van der Waals surface area contributed by atoms with Crippen molar-refractivity contribution in [3.05, 3.63) is 165 Å². The van der Waals surface area contributed by atoms with Gasteiger partial charge in [-0.05, 0) is 52.6 Å². The van der Waals surface area contributed by atoms with Crippen molar-refractivity contribution in [2.45, 2.75) is 0 Å². The maximum atomic E-state index is 15.0. The van der Waals surface area contributed by atoms with Crippen LogP contribution >= 0.6 is 18.5 Å². The first-order valence-electron chi connectivity index (χ1n) is 13.0. The van der Waals surface area contributed by atoms with Gasteiger partial charge in [0, 0.05) is 16.4 Å². The van der Waals surface area contributed by atoms with Gasteiger partial charge in [-0.2, -0.15) is 0 Å². The van der Waals surface area contributed by atoms with E-state index in [1.165, 1.54) is 25.3 Å². The number of esters is 1. The van der Waals surface area contributed by atoms with Gasteiger partial charge in [-0.3, -0.25) is 14.9 Å². The lowest BCUT2D eigenvalue weighted by molar-refractivity contribution is -0.385. The van der Waals surface area contributed by atoms with E-state index in [1.54, 1.807) is 24.3 Å². The van der Waals surface area contributed by atoms with E-state index in [-0.39, 0.29) is 16.3 Å². The first kappa shape index (κ1) is 28.7. The molecule has 6 nitrogen and oxygen atoms in total. The fraction of sp³-hybridized carbons (Fsp3) is 0.0294. The van der Waals surface area contributed by atoms with E-state index in [2.05, 4.69) is 0 Å². The van der Waals surface area contributed by atoms with E-state index in [9.17, 15) is 14.9 Å². The number of rotatable bonds is 8. The summed E-state index contributed by atoms with van der Waals surface area (Å²) in [5.74, 6) is -1.05. The van der Waals surface area contributed by atoms with Gasteiger partial charge in [0.15, 0.2) is 0 Å². The number of halogens is 1. The van der Waals surface area contributed by atoms with E-state index < -0.39 is 23.6 Å². The number of nitro benzene ring substituents is 1. The van der Waals surface area contributed by atoms with Crippen LogP contribution in [0.4, 0.5) is 5.69 Å². The molecule has 5 rings (SSSR count). The second-order valence-corrected chi connectivity index (χ2v) is 13.1. The van der Waals surface area contributed by atoms with Gasteiger partial charge >= 0.3 is 5.97 Å². The highest BCUT2D eigenvalue weighted by molar-refractivity contribution is 7.97. The summed E-state index contributed by atoms with van der Waals surface area (Å²) in [7, 11) is 1.30. The molecule has 0 spiro atoms. The number of carbonyl (C=O) groups excluding carboxylic acids is 2. The maximum absolute atomic E-state index is 15.0. The fourth-order valence-corrected chi connectivity index (χ4v) is 9.79. The molecule has 0 atom stereocenters. The van der Waals surface area contributed by atoms with Crippen LogP contribution in [0.5, 0.6) is 0 Å². The van der Waals surface area contributed by atoms with Gasteiger partial charge in [-0.1, -0.05) is 115 Å². The van der Waals surface area contributed by atoms with Crippen molar-refractivity contribution >= 4 is 57.1 Å². The van der Waals surface area contributed by atoms with Crippen LogP contribution in [0.2, 0.25) is 5.02 Å². The lowest BCUT2D eigenvalue weighted by Gasteiger charge is -2.32. The monoisotopic (exact) mass is 593 g/mol. The van der Waals surface area contributed by atoms with Crippen molar-refractivity contribution in [1.29, 1.82) is 0 Å². The molecule has 0 heterocycles. The van der Waals surface area contributed by atoms with Crippen LogP contribution in [0.25, 0.3) is 0 Å². The Kier molecular flexibility index (Phi) is 8.48. The number of nitro groups is 1. The quantitative estimate of drug-likeness (QED) is 0.0680. The molecule has 0 aliphatic rings. The van der Waals surface area contributed by atoms with Crippen molar-refractivity contribution < 1.29 is 19.2 Å². The third kappa shape index (κ3) is 5.30. The molecule has 0 bridgehead atoms. The Hall–Kier alpha value is -4.77. The highest BCUT2D eigenvalue weighted by Gasteiger charge is 2.36. The van der Waals surface area contributed by atoms with Gasteiger partial charge in [0.1, 0.15) is 5.56 Å². The Bertz CT molecular complexity index is 1720. The Morgan fingerprint density at radius 1 is 0.690 bits per heavy atom. The second kappa shape index (κ2) is 12.4. The van der Waals surface area contributed by atoms with Crippen LogP contribution in [0.15, 0.2) is 133 Å². The smallest absolute Gasteiger partial charge is 0.337 e. The van der Waals surface area contributed by atoms with Gasteiger partial charge in [-0.15, -0.1) is 0 Å². The third-order valence-electron chi connectivity index (χ3n) is 6.96. The lowest BCUT2D eigenvalue weighted by atomic mass is 10.0. The minimum absolute atomic E-state index is 0.119. The minimum Gasteiger partial charge on any atom is -0.465 e. The number of ketones is 1. The molecular formula is C34H25ClNO5P. The summed E-state index contributed by atoms with van der Waals surface area (Å²) in [5, 5.41) is 15.4. The number of carbonyl (C=O) groups is 2. The fourth-order valence-electron chi connectivity index (χ4n) is 5.13. The average molecular weight is 594 g/mol. The molecule has 0 saturated heterocycles. The van der Waals surface area contributed by atoms with E-state index in [1.807, 2.05) is 91.0 Å². The Balaban J connectivity index is 2.04. The summed E-state index contributed by atoms with van der Waals surface area (Å²) < 4.78 is 4.89. The molecule has 42 heavy (non-hydrogen) atoms. The van der Waals surface area contributed by atoms with Crippen molar-refractivity contribution in [1.82, 2.24) is 0 Å². The second-order valence-electron chi connectivity index (χ2n) is 9.34.